The Morgan fingerprint density at radius 3 is 2.61 bits per heavy atom. The van der Waals surface area contributed by atoms with Crippen LogP contribution in [0, 0.1) is 0 Å². The molecule has 142 valence electrons. The van der Waals surface area contributed by atoms with Crippen LogP contribution < -0.4 is 20.5 Å². The Bertz CT molecular complexity index is 1090. The number of ether oxygens (including phenoxy) is 1. The van der Waals surface area contributed by atoms with Crippen LogP contribution in [0.1, 0.15) is 32.3 Å². The van der Waals surface area contributed by atoms with E-state index in [4.69, 9.17) is 4.74 Å². The first-order chi connectivity index (χ1) is 13.6. The standard InChI is InChI=1S/C26H27NO/c1-18-12-14-23-20(3)27-26-17-22(13-15-24(26)25(23)16-18)28-19(2)8-7-11-21-9-5-4-6-10-21/h4-6,9-10,12-17,19,27H,1,7-8,11H2,2-3H3. The SMILES string of the molecule is C=c1ccc2c(c1)-c1ccc(OC(C)CCCc3ccccc3)cc1NC=2C. The molecule has 1 unspecified atom stereocenters. The van der Waals surface area contributed by atoms with E-state index < -0.39 is 0 Å². The minimum atomic E-state index is 0.189. The number of nitrogens with one attached hydrogen (secondary N) is 1. The molecule has 2 nitrogen and oxygen atoms in total. The number of anilines is 1. The van der Waals surface area contributed by atoms with E-state index in [9.17, 15) is 0 Å². The van der Waals surface area contributed by atoms with Gasteiger partial charge < -0.3 is 10.1 Å². The third-order valence-corrected chi connectivity index (χ3v) is 5.35. The van der Waals surface area contributed by atoms with Gasteiger partial charge in [0.15, 0.2) is 0 Å². The molecule has 1 N–H and O–H groups in total. The van der Waals surface area contributed by atoms with Crippen LogP contribution in [0.2, 0.25) is 0 Å². The van der Waals surface area contributed by atoms with Crippen LogP contribution in [0.3, 0.4) is 0 Å². The van der Waals surface area contributed by atoms with Crippen molar-refractivity contribution < 1.29 is 4.74 Å². The van der Waals surface area contributed by atoms with Crippen molar-refractivity contribution in [3.63, 3.8) is 0 Å². The summed E-state index contributed by atoms with van der Waals surface area (Å²) >= 11 is 0. The molecule has 0 saturated carbocycles. The zero-order chi connectivity index (χ0) is 19.5. The molecular weight excluding hydrogens is 342 g/mol. The van der Waals surface area contributed by atoms with Crippen molar-refractivity contribution >= 4 is 18.0 Å². The first kappa shape index (κ1) is 18.4. The molecule has 2 heteroatoms. The summed E-state index contributed by atoms with van der Waals surface area (Å²) < 4.78 is 6.20. The third kappa shape index (κ3) is 3.96. The van der Waals surface area contributed by atoms with Crippen molar-refractivity contribution in [2.24, 2.45) is 0 Å². The van der Waals surface area contributed by atoms with Gasteiger partial charge in [0, 0.05) is 28.2 Å². The van der Waals surface area contributed by atoms with E-state index in [-0.39, 0.29) is 6.10 Å². The highest BCUT2D eigenvalue weighted by Gasteiger charge is 2.15. The molecule has 0 bridgehead atoms. The highest BCUT2D eigenvalue weighted by atomic mass is 16.5. The quantitative estimate of drug-likeness (QED) is 0.652. The van der Waals surface area contributed by atoms with Gasteiger partial charge >= 0.3 is 0 Å². The molecule has 0 saturated heterocycles. The van der Waals surface area contributed by atoms with Crippen molar-refractivity contribution in [3.05, 3.63) is 82.7 Å². The van der Waals surface area contributed by atoms with Crippen molar-refractivity contribution in [3.8, 4) is 16.9 Å². The molecule has 0 radical (unpaired) electrons. The summed E-state index contributed by atoms with van der Waals surface area (Å²) in [5, 5.41) is 5.80. The molecule has 1 heterocycles. The largest absolute Gasteiger partial charge is 0.491 e. The molecule has 1 aliphatic rings. The summed E-state index contributed by atoms with van der Waals surface area (Å²) in [5.41, 5.74) is 6.10. The molecule has 0 amide bonds. The fourth-order valence-electron chi connectivity index (χ4n) is 3.88. The summed E-state index contributed by atoms with van der Waals surface area (Å²) in [7, 11) is 0. The Labute approximate surface area is 167 Å². The lowest BCUT2D eigenvalue weighted by Crippen LogP contribution is -2.21. The second-order valence-corrected chi connectivity index (χ2v) is 7.64. The topological polar surface area (TPSA) is 21.3 Å². The lowest BCUT2D eigenvalue weighted by molar-refractivity contribution is 0.208. The van der Waals surface area contributed by atoms with E-state index in [2.05, 4.69) is 92.5 Å². The summed E-state index contributed by atoms with van der Waals surface area (Å²) in [6, 6.07) is 23.3. The van der Waals surface area contributed by atoms with Crippen LogP contribution in [0.25, 0.3) is 23.4 Å². The number of hydrogen-bond donors (Lipinski definition) is 1. The van der Waals surface area contributed by atoms with Gasteiger partial charge in [-0.1, -0.05) is 49.0 Å². The van der Waals surface area contributed by atoms with E-state index in [0.29, 0.717) is 0 Å². The number of aryl methyl sites for hydroxylation is 1. The number of hydrogen-bond acceptors (Lipinski definition) is 2. The van der Waals surface area contributed by atoms with Crippen molar-refractivity contribution in [2.45, 2.75) is 39.2 Å². The van der Waals surface area contributed by atoms with Crippen molar-refractivity contribution in [1.82, 2.24) is 0 Å². The normalized spacial score (nSPS) is 13.3. The molecular formula is C26H27NO. The van der Waals surface area contributed by atoms with Gasteiger partial charge in [0.2, 0.25) is 0 Å². The summed E-state index contributed by atoms with van der Waals surface area (Å²) in [6.07, 6.45) is 3.45. The molecule has 0 fully saturated rings. The first-order valence-corrected chi connectivity index (χ1v) is 10.0. The van der Waals surface area contributed by atoms with E-state index in [1.807, 2.05) is 0 Å². The van der Waals surface area contributed by atoms with Crippen LogP contribution in [0.15, 0.2) is 66.7 Å². The molecule has 1 atom stereocenters. The maximum Gasteiger partial charge on any atom is 0.121 e. The minimum absolute atomic E-state index is 0.189. The fourth-order valence-corrected chi connectivity index (χ4v) is 3.88. The molecule has 1 aliphatic heterocycles. The van der Waals surface area contributed by atoms with Crippen molar-refractivity contribution in [2.75, 3.05) is 5.32 Å². The summed E-state index contributed by atoms with van der Waals surface area (Å²) in [5.74, 6) is 0.917. The van der Waals surface area contributed by atoms with Crippen LogP contribution >= 0.6 is 0 Å². The van der Waals surface area contributed by atoms with E-state index in [1.54, 1.807) is 0 Å². The maximum absolute atomic E-state index is 6.20. The number of benzene rings is 3. The average Bonchev–Trinajstić information content (AvgIpc) is 2.68. The Hall–Kier alpha value is -3.00. The first-order valence-electron chi connectivity index (χ1n) is 10.0. The van der Waals surface area contributed by atoms with Crippen molar-refractivity contribution in [1.29, 1.82) is 0 Å². The smallest absolute Gasteiger partial charge is 0.121 e. The van der Waals surface area contributed by atoms with Gasteiger partial charge in [-0.3, -0.25) is 0 Å². The van der Waals surface area contributed by atoms with Gasteiger partial charge in [-0.2, -0.15) is 0 Å². The predicted molar refractivity (Wildman–Crippen MR) is 119 cm³/mol. The van der Waals surface area contributed by atoms with Gasteiger partial charge in [0.05, 0.1) is 6.10 Å². The van der Waals surface area contributed by atoms with Gasteiger partial charge in [-0.15, -0.1) is 0 Å². The van der Waals surface area contributed by atoms with Crippen LogP contribution in [0.4, 0.5) is 5.69 Å². The summed E-state index contributed by atoms with van der Waals surface area (Å²) in [4.78, 5) is 0. The zero-order valence-corrected chi connectivity index (χ0v) is 16.7. The van der Waals surface area contributed by atoms with Crippen LogP contribution in [-0.2, 0) is 6.42 Å². The Morgan fingerprint density at radius 1 is 0.964 bits per heavy atom. The Morgan fingerprint density at radius 2 is 1.79 bits per heavy atom. The molecule has 3 aromatic carbocycles. The van der Waals surface area contributed by atoms with E-state index in [0.717, 1.165) is 41.6 Å². The second kappa shape index (κ2) is 7.93. The molecule has 0 spiro atoms. The fraction of sp³-hybridized carbons (Fsp3) is 0.231. The van der Waals surface area contributed by atoms with Crippen LogP contribution in [-0.4, -0.2) is 6.10 Å². The zero-order valence-electron chi connectivity index (χ0n) is 16.7. The van der Waals surface area contributed by atoms with Gasteiger partial charge in [-0.25, -0.2) is 0 Å². The van der Waals surface area contributed by atoms with Gasteiger partial charge in [0.1, 0.15) is 5.75 Å². The Kier molecular flexibility index (Phi) is 5.21. The third-order valence-electron chi connectivity index (χ3n) is 5.35. The highest BCUT2D eigenvalue weighted by Crippen LogP contribution is 2.33. The number of rotatable bonds is 6. The minimum Gasteiger partial charge on any atom is -0.491 e. The van der Waals surface area contributed by atoms with Gasteiger partial charge in [-0.05, 0) is 67.7 Å². The predicted octanol–water partition coefficient (Wildman–Crippen LogP) is 5.11. The lowest BCUT2D eigenvalue weighted by Gasteiger charge is -2.22. The highest BCUT2D eigenvalue weighted by molar-refractivity contribution is 5.88. The molecule has 28 heavy (non-hydrogen) atoms. The number of fused-ring (bicyclic) bond motifs is 3. The molecule has 0 aliphatic carbocycles. The maximum atomic E-state index is 6.20. The monoisotopic (exact) mass is 369 g/mol. The van der Waals surface area contributed by atoms with Gasteiger partial charge in [0.25, 0.3) is 0 Å². The Balaban J connectivity index is 1.44. The molecule has 4 rings (SSSR count). The average molecular weight is 370 g/mol. The molecule has 3 aromatic rings. The lowest BCUT2D eigenvalue weighted by atomic mass is 9.96. The van der Waals surface area contributed by atoms with E-state index in [1.165, 1.54) is 21.9 Å². The van der Waals surface area contributed by atoms with E-state index >= 15 is 0 Å². The molecule has 0 aromatic heterocycles. The summed E-state index contributed by atoms with van der Waals surface area (Å²) in [6.45, 7) is 8.35. The van der Waals surface area contributed by atoms with Crippen LogP contribution in [0.5, 0.6) is 5.75 Å². The second-order valence-electron chi connectivity index (χ2n) is 7.64.